The van der Waals surface area contributed by atoms with Gasteiger partial charge in [-0.15, -0.1) is 0 Å². The monoisotopic (exact) mass is 269 g/mol. The molecule has 1 unspecified atom stereocenters. The molecule has 0 aromatic heterocycles. The van der Waals surface area contributed by atoms with Crippen LogP contribution in [0.25, 0.3) is 0 Å². The molecule has 0 radical (unpaired) electrons. The Morgan fingerprint density at radius 1 is 1.11 bits per heavy atom. The van der Waals surface area contributed by atoms with E-state index in [1.54, 1.807) is 0 Å². The predicted molar refractivity (Wildman–Crippen MR) is 79.3 cm³/mol. The normalized spacial score (nSPS) is 12.4. The molecule has 2 N–H and O–H groups in total. The van der Waals surface area contributed by atoms with Gasteiger partial charge in [-0.05, 0) is 30.7 Å². The zero-order valence-electron chi connectivity index (χ0n) is 11.2. The fourth-order valence-corrected chi connectivity index (χ4v) is 2.11. The molecule has 1 atom stereocenters. The number of hydrogen-bond acceptors (Lipinski definition) is 2. The van der Waals surface area contributed by atoms with Gasteiger partial charge in [0, 0.05) is 16.8 Å². The molecule has 3 heteroatoms. The molecule has 18 heavy (non-hydrogen) atoms. The zero-order chi connectivity index (χ0) is 13.2. The molecule has 0 aliphatic rings. The van der Waals surface area contributed by atoms with E-state index < -0.39 is 0 Å². The number of nitrogens with one attached hydrogen (secondary N) is 1. The summed E-state index contributed by atoms with van der Waals surface area (Å²) in [6, 6.07) is 7.76. The maximum absolute atomic E-state index is 9.36. The van der Waals surface area contributed by atoms with E-state index in [1.807, 2.05) is 24.3 Å². The summed E-state index contributed by atoms with van der Waals surface area (Å²) in [6.07, 6.45) is 7.33. The van der Waals surface area contributed by atoms with Gasteiger partial charge < -0.3 is 10.4 Å². The molecule has 0 aliphatic carbocycles. The summed E-state index contributed by atoms with van der Waals surface area (Å²) in [6.45, 7) is 2.40. The average molecular weight is 270 g/mol. The van der Waals surface area contributed by atoms with Crippen LogP contribution in [0.15, 0.2) is 24.3 Å². The molecule has 0 spiro atoms. The molecule has 0 fully saturated rings. The summed E-state index contributed by atoms with van der Waals surface area (Å²) in [4.78, 5) is 0. The molecule has 2 nitrogen and oxygen atoms in total. The van der Waals surface area contributed by atoms with Crippen molar-refractivity contribution in [2.45, 2.75) is 51.5 Å². The largest absolute Gasteiger partial charge is 0.394 e. The molecule has 0 bridgehead atoms. The third-order valence-electron chi connectivity index (χ3n) is 3.09. The van der Waals surface area contributed by atoms with Gasteiger partial charge in [-0.25, -0.2) is 0 Å². The Balaban J connectivity index is 2.26. The van der Waals surface area contributed by atoms with Gasteiger partial charge >= 0.3 is 0 Å². The first-order chi connectivity index (χ1) is 8.76. The van der Waals surface area contributed by atoms with E-state index in [2.05, 4.69) is 12.2 Å². The first-order valence-corrected chi connectivity index (χ1v) is 7.27. The summed E-state index contributed by atoms with van der Waals surface area (Å²) in [5.41, 5.74) is 1.02. The number of aliphatic hydroxyl groups excluding tert-OH is 1. The molecule has 1 aromatic rings. The predicted octanol–water partition coefficient (Wildman–Crippen LogP) is 4.47. The highest BCUT2D eigenvalue weighted by atomic mass is 35.5. The lowest BCUT2D eigenvalue weighted by atomic mass is 10.1. The molecule has 0 amide bonds. The van der Waals surface area contributed by atoms with Crippen LogP contribution in [-0.2, 0) is 0 Å². The van der Waals surface area contributed by atoms with Crippen LogP contribution in [-0.4, -0.2) is 17.8 Å². The lowest BCUT2D eigenvalue weighted by molar-refractivity contribution is 0.266. The highest BCUT2D eigenvalue weighted by molar-refractivity contribution is 6.30. The van der Waals surface area contributed by atoms with Crippen molar-refractivity contribution in [1.29, 1.82) is 0 Å². The first kappa shape index (κ1) is 15.3. The van der Waals surface area contributed by atoms with Gasteiger partial charge in [0.15, 0.2) is 0 Å². The molecule has 0 saturated carbocycles. The van der Waals surface area contributed by atoms with Gasteiger partial charge in [-0.3, -0.25) is 0 Å². The van der Waals surface area contributed by atoms with E-state index in [-0.39, 0.29) is 12.6 Å². The van der Waals surface area contributed by atoms with E-state index in [1.165, 1.54) is 32.1 Å². The van der Waals surface area contributed by atoms with Crippen molar-refractivity contribution in [2.75, 3.05) is 11.9 Å². The maximum Gasteiger partial charge on any atom is 0.0632 e. The second-order valence-electron chi connectivity index (χ2n) is 4.73. The van der Waals surface area contributed by atoms with Crippen LogP contribution in [0.2, 0.25) is 5.02 Å². The van der Waals surface area contributed by atoms with Gasteiger partial charge in [0.2, 0.25) is 0 Å². The number of rotatable bonds is 9. The van der Waals surface area contributed by atoms with E-state index in [0.717, 1.165) is 17.1 Å². The summed E-state index contributed by atoms with van der Waals surface area (Å²) in [5, 5.41) is 13.4. The minimum absolute atomic E-state index is 0.146. The second-order valence-corrected chi connectivity index (χ2v) is 5.17. The molecule has 0 aliphatic heterocycles. The molecular weight excluding hydrogens is 246 g/mol. The van der Waals surface area contributed by atoms with Gasteiger partial charge in [0.25, 0.3) is 0 Å². The fourth-order valence-electron chi connectivity index (χ4n) is 1.99. The summed E-state index contributed by atoms with van der Waals surface area (Å²) in [5.74, 6) is 0. The van der Waals surface area contributed by atoms with Crippen LogP contribution in [0.1, 0.15) is 45.4 Å². The Morgan fingerprint density at radius 2 is 1.78 bits per heavy atom. The van der Waals surface area contributed by atoms with Crippen LogP contribution >= 0.6 is 11.6 Å². The van der Waals surface area contributed by atoms with Crippen molar-refractivity contribution < 1.29 is 5.11 Å². The van der Waals surface area contributed by atoms with Gasteiger partial charge in [0.1, 0.15) is 0 Å². The Labute approximate surface area is 115 Å². The Bertz CT molecular complexity index is 313. The van der Waals surface area contributed by atoms with Crippen molar-refractivity contribution in [3.63, 3.8) is 0 Å². The third-order valence-corrected chi connectivity index (χ3v) is 3.34. The number of halogens is 1. The highest BCUT2D eigenvalue weighted by Gasteiger charge is 2.06. The number of benzene rings is 1. The molecular formula is C15H24ClNO. The molecule has 102 valence electrons. The highest BCUT2D eigenvalue weighted by Crippen LogP contribution is 2.16. The Kier molecular flexibility index (Phi) is 7.86. The van der Waals surface area contributed by atoms with Crippen molar-refractivity contribution in [1.82, 2.24) is 0 Å². The molecule has 1 rings (SSSR count). The van der Waals surface area contributed by atoms with E-state index in [9.17, 15) is 5.11 Å². The maximum atomic E-state index is 9.36. The van der Waals surface area contributed by atoms with Crippen LogP contribution in [0.4, 0.5) is 5.69 Å². The van der Waals surface area contributed by atoms with Crippen molar-refractivity contribution >= 4 is 17.3 Å². The number of hydrogen-bond donors (Lipinski definition) is 2. The molecule has 0 heterocycles. The van der Waals surface area contributed by atoms with E-state index in [4.69, 9.17) is 11.6 Å². The topological polar surface area (TPSA) is 32.3 Å². The average Bonchev–Trinajstić information content (AvgIpc) is 2.39. The molecule has 1 aromatic carbocycles. The number of aliphatic hydroxyl groups is 1. The summed E-state index contributed by atoms with van der Waals surface area (Å²) < 4.78 is 0. The minimum atomic E-state index is 0.146. The molecule has 0 saturated heterocycles. The van der Waals surface area contributed by atoms with Crippen LogP contribution < -0.4 is 5.32 Å². The van der Waals surface area contributed by atoms with Gasteiger partial charge in [-0.1, -0.05) is 50.6 Å². The second kappa shape index (κ2) is 9.23. The SMILES string of the molecule is CCCCCCCC(CO)Nc1ccc(Cl)cc1. The smallest absolute Gasteiger partial charge is 0.0632 e. The van der Waals surface area contributed by atoms with Crippen LogP contribution in [0.3, 0.4) is 0 Å². The summed E-state index contributed by atoms with van der Waals surface area (Å²) in [7, 11) is 0. The van der Waals surface area contributed by atoms with Crippen molar-refractivity contribution in [3.05, 3.63) is 29.3 Å². The van der Waals surface area contributed by atoms with Crippen LogP contribution in [0, 0.1) is 0 Å². The number of anilines is 1. The first-order valence-electron chi connectivity index (χ1n) is 6.89. The summed E-state index contributed by atoms with van der Waals surface area (Å²) >= 11 is 5.84. The van der Waals surface area contributed by atoms with Crippen molar-refractivity contribution in [3.8, 4) is 0 Å². The standard InChI is InChI=1S/C15H24ClNO/c1-2-3-4-5-6-7-15(12-18)17-14-10-8-13(16)9-11-14/h8-11,15,17-18H,2-7,12H2,1H3. The van der Waals surface area contributed by atoms with Gasteiger partial charge in [0.05, 0.1) is 6.61 Å². The van der Waals surface area contributed by atoms with Gasteiger partial charge in [-0.2, -0.15) is 0 Å². The lowest BCUT2D eigenvalue weighted by Crippen LogP contribution is -2.23. The third kappa shape index (κ3) is 6.27. The van der Waals surface area contributed by atoms with E-state index in [0.29, 0.717) is 0 Å². The zero-order valence-corrected chi connectivity index (χ0v) is 11.9. The van der Waals surface area contributed by atoms with E-state index >= 15 is 0 Å². The minimum Gasteiger partial charge on any atom is -0.394 e. The quantitative estimate of drug-likeness (QED) is 0.648. The van der Waals surface area contributed by atoms with Crippen molar-refractivity contribution in [2.24, 2.45) is 0 Å². The Morgan fingerprint density at radius 3 is 2.39 bits per heavy atom. The Hall–Kier alpha value is -0.730. The van der Waals surface area contributed by atoms with Crippen LogP contribution in [0.5, 0.6) is 0 Å². The lowest BCUT2D eigenvalue weighted by Gasteiger charge is -2.17. The fraction of sp³-hybridized carbons (Fsp3) is 0.600. The number of unbranched alkanes of at least 4 members (excludes halogenated alkanes) is 4.